The van der Waals surface area contributed by atoms with Gasteiger partial charge in [-0.2, -0.15) is 4.79 Å². The molecule has 1 aromatic heterocycles. The van der Waals surface area contributed by atoms with Crippen molar-refractivity contribution in [3.05, 3.63) is 30.1 Å². The number of carbonyl (C=O) groups is 1. The molecule has 0 fully saturated rings. The molecule has 0 saturated heterocycles. The summed E-state index contributed by atoms with van der Waals surface area (Å²) in [4.78, 5) is 10.4. The van der Waals surface area contributed by atoms with Crippen LogP contribution in [0.1, 0.15) is 5.69 Å². The molecule has 0 spiro atoms. The van der Waals surface area contributed by atoms with Gasteiger partial charge in [-0.25, -0.2) is 0 Å². The summed E-state index contributed by atoms with van der Waals surface area (Å²) in [6.07, 6.45) is 0.565. The molecule has 0 aliphatic carbocycles. The lowest BCUT2D eigenvalue weighted by Gasteiger charge is -1.88. The summed E-state index contributed by atoms with van der Waals surface area (Å²) in [5.41, 5.74) is 0.718. The van der Waals surface area contributed by atoms with Crippen LogP contribution in [0.5, 0.6) is 0 Å². The summed E-state index contributed by atoms with van der Waals surface area (Å²) in [6.45, 7) is 1.74. The smallest absolute Gasteiger partial charge is 0.427 e. The second-order valence-corrected chi connectivity index (χ2v) is 1.99. The summed E-state index contributed by atoms with van der Waals surface area (Å²) in [5, 5.41) is 8.53. The summed E-state index contributed by atoms with van der Waals surface area (Å²) < 4.78 is 1.17. The zero-order chi connectivity index (χ0) is 7.56. The molecule has 1 rings (SSSR count). The minimum atomic E-state index is -0.946. The van der Waals surface area contributed by atoms with E-state index in [1.807, 2.05) is 0 Å². The van der Waals surface area contributed by atoms with Gasteiger partial charge in [0.2, 0.25) is 0 Å². The summed E-state index contributed by atoms with van der Waals surface area (Å²) in [7, 11) is 0. The average molecular weight is 138 g/mol. The molecule has 1 N–H and O–H groups in total. The topological polar surface area (TPSA) is 41.2 Å². The third kappa shape index (κ3) is 1.13. The third-order valence-electron chi connectivity index (χ3n) is 1.27. The van der Waals surface area contributed by atoms with Crippen molar-refractivity contribution in [2.45, 2.75) is 6.92 Å². The van der Waals surface area contributed by atoms with Crippen molar-refractivity contribution in [3.8, 4) is 0 Å². The minimum absolute atomic E-state index is 0.718. The second-order valence-electron chi connectivity index (χ2n) is 1.99. The standard InChI is InChI=1S/C7H7NO2/c1-6-4-2-3-5-8(6)7(9)10/h2-5H,1H3/p+1. The van der Waals surface area contributed by atoms with E-state index in [2.05, 4.69) is 0 Å². The van der Waals surface area contributed by atoms with Gasteiger partial charge < -0.3 is 5.11 Å². The van der Waals surface area contributed by atoms with Crippen molar-refractivity contribution < 1.29 is 14.5 Å². The van der Waals surface area contributed by atoms with Gasteiger partial charge in [-0.05, 0) is 0 Å². The molecule has 10 heavy (non-hydrogen) atoms. The second kappa shape index (κ2) is 2.47. The Hall–Kier alpha value is -1.38. The largest absolute Gasteiger partial charge is 0.599 e. The van der Waals surface area contributed by atoms with Gasteiger partial charge >= 0.3 is 6.09 Å². The molecule has 3 nitrogen and oxygen atoms in total. The first-order valence-corrected chi connectivity index (χ1v) is 2.92. The zero-order valence-electron chi connectivity index (χ0n) is 5.61. The van der Waals surface area contributed by atoms with Crippen molar-refractivity contribution in [3.63, 3.8) is 0 Å². The maximum Gasteiger partial charge on any atom is 0.599 e. The number of hydrogen-bond donors (Lipinski definition) is 1. The maximum absolute atomic E-state index is 10.4. The first-order chi connectivity index (χ1) is 4.72. The van der Waals surface area contributed by atoms with Crippen LogP contribution in [0.15, 0.2) is 24.4 Å². The Morgan fingerprint density at radius 1 is 1.60 bits per heavy atom. The van der Waals surface area contributed by atoms with Crippen LogP contribution in [-0.2, 0) is 0 Å². The first-order valence-electron chi connectivity index (χ1n) is 2.92. The molecule has 52 valence electrons. The maximum atomic E-state index is 10.4. The lowest BCUT2D eigenvalue weighted by Crippen LogP contribution is -2.43. The van der Waals surface area contributed by atoms with E-state index in [1.54, 1.807) is 25.1 Å². The fraction of sp³-hybridized carbons (Fsp3) is 0.143. The van der Waals surface area contributed by atoms with Crippen LogP contribution >= 0.6 is 0 Å². The molecule has 0 aliphatic heterocycles. The van der Waals surface area contributed by atoms with E-state index in [0.717, 1.165) is 5.69 Å². The van der Waals surface area contributed by atoms with Crippen LogP contribution in [0, 0.1) is 6.92 Å². The number of aryl methyl sites for hydroxylation is 1. The molecular formula is C7H8NO2+. The molecule has 0 saturated carbocycles. The highest BCUT2D eigenvalue weighted by atomic mass is 16.4. The average Bonchev–Trinajstić information content (AvgIpc) is 1.88. The Kier molecular flexibility index (Phi) is 1.67. The van der Waals surface area contributed by atoms with Gasteiger partial charge in [0.25, 0.3) is 0 Å². The minimum Gasteiger partial charge on any atom is -0.427 e. The van der Waals surface area contributed by atoms with Crippen molar-refractivity contribution in [1.82, 2.24) is 0 Å². The van der Waals surface area contributed by atoms with Gasteiger partial charge in [0.05, 0.1) is 0 Å². The molecular weight excluding hydrogens is 130 g/mol. The van der Waals surface area contributed by atoms with E-state index in [1.165, 1.54) is 10.8 Å². The Bertz CT molecular complexity index is 258. The highest BCUT2D eigenvalue weighted by Gasteiger charge is 2.12. The van der Waals surface area contributed by atoms with Crippen LogP contribution in [0.2, 0.25) is 0 Å². The number of rotatable bonds is 0. The zero-order valence-corrected chi connectivity index (χ0v) is 5.61. The Balaban J connectivity index is 3.15. The fourth-order valence-electron chi connectivity index (χ4n) is 0.743. The van der Waals surface area contributed by atoms with E-state index in [-0.39, 0.29) is 0 Å². The molecule has 3 heteroatoms. The van der Waals surface area contributed by atoms with E-state index in [0.29, 0.717) is 0 Å². The number of nitrogens with zero attached hydrogens (tertiary/aromatic N) is 1. The van der Waals surface area contributed by atoms with Crippen LogP contribution in [0.4, 0.5) is 4.79 Å². The monoisotopic (exact) mass is 138 g/mol. The van der Waals surface area contributed by atoms with Gasteiger partial charge in [-0.3, -0.25) is 0 Å². The van der Waals surface area contributed by atoms with E-state index in [4.69, 9.17) is 5.11 Å². The predicted octanol–water partition coefficient (Wildman–Crippen LogP) is 0.809. The molecule has 0 aliphatic rings. The molecule has 0 bridgehead atoms. The lowest BCUT2D eigenvalue weighted by molar-refractivity contribution is -0.591. The van der Waals surface area contributed by atoms with Gasteiger partial charge in [0, 0.05) is 19.1 Å². The van der Waals surface area contributed by atoms with Gasteiger partial charge in [0.1, 0.15) is 0 Å². The number of pyridine rings is 1. The normalized spacial score (nSPS) is 9.30. The van der Waals surface area contributed by atoms with Crippen LogP contribution in [0.25, 0.3) is 0 Å². The van der Waals surface area contributed by atoms with Gasteiger partial charge in [0.15, 0.2) is 11.9 Å². The molecule has 0 amide bonds. The van der Waals surface area contributed by atoms with Gasteiger partial charge in [-0.15, -0.1) is 0 Å². The predicted molar refractivity (Wildman–Crippen MR) is 34.8 cm³/mol. The quantitative estimate of drug-likeness (QED) is 0.539. The summed E-state index contributed by atoms with van der Waals surface area (Å²) in [5.74, 6) is 0. The van der Waals surface area contributed by atoms with Crippen molar-refractivity contribution in [2.75, 3.05) is 0 Å². The molecule has 0 unspecified atom stereocenters. The van der Waals surface area contributed by atoms with E-state index >= 15 is 0 Å². The lowest BCUT2D eigenvalue weighted by atomic mass is 10.4. The highest BCUT2D eigenvalue weighted by Crippen LogP contribution is 1.85. The van der Waals surface area contributed by atoms with Gasteiger partial charge in [-0.1, -0.05) is 10.6 Å². The summed E-state index contributed by atoms with van der Waals surface area (Å²) >= 11 is 0. The Morgan fingerprint density at radius 2 is 2.30 bits per heavy atom. The fourth-order valence-corrected chi connectivity index (χ4v) is 0.743. The highest BCUT2D eigenvalue weighted by molar-refractivity contribution is 5.53. The number of carboxylic acid groups (broad SMARTS) is 1. The molecule has 0 aromatic carbocycles. The Labute approximate surface area is 58.5 Å². The van der Waals surface area contributed by atoms with E-state index < -0.39 is 6.09 Å². The van der Waals surface area contributed by atoms with Crippen molar-refractivity contribution >= 4 is 6.09 Å². The molecule has 1 aromatic rings. The van der Waals surface area contributed by atoms with Crippen LogP contribution in [0.3, 0.4) is 0 Å². The SMILES string of the molecule is Cc1cccc[n+]1C(=O)O. The molecule has 1 heterocycles. The molecule has 0 radical (unpaired) electrons. The van der Waals surface area contributed by atoms with Crippen LogP contribution < -0.4 is 4.57 Å². The van der Waals surface area contributed by atoms with E-state index in [9.17, 15) is 4.79 Å². The Morgan fingerprint density at radius 3 is 2.70 bits per heavy atom. The van der Waals surface area contributed by atoms with Crippen molar-refractivity contribution in [1.29, 1.82) is 0 Å². The third-order valence-corrected chi connectivity index (χ3v) is 1.27. The summed E-state index contributed by atoms with van der Waals surface area (Å²) in [6, 6.07) is 5.23. The number of hydrogen-bond acceptors (Lipinski definition) is 1. The van der Waals surface area contributed by atoms with Crippen molar-refractivity contribution in [2.24, 2.45) is 0 Å². The number of aromatic nitrogens is 1. The van der Waals surface area contributed by atoms with Crippen LogP contribution in [-0.4, -0.2) is 11.2 Å². The molecule has 0 atom stereocenters. The first kappa shape index (κ1) is 6.74.